The highest BCUT2D eigenvalue weighted by Gasteiger charge is 2.27. The van der Waals surface area contributed by atoms with E-state index in [9.17, 15) is 17.6 Å². The Hall–Kier alpha value is -2.19. The number of esters is 1. The van der Waals surface area contributed by atoms with Crippen molar-refractivity contribution in [3.63, 3.8) is 0 Å². The first-order chi connectivity index (χ1) is 12.3. The van der Waals surface area contributed by atoms with Gasteiger partial charge in [-0.1, -0.05) is 17.7 Å². The molecule has 2 aromatic carbocycles. The second-order valence-electron chi connectivity index (χ2n) is 5.66. The number of rotatable bonds is 4. The number of fused-ring (bicyclic) bond motifs is 1. The highest BCUT2D eigenvalue weighted by molar-refractivity contribution is 9.10. The number of hydrogen-bond donors (Lipinski definition) is 0. The van der Waals surface area contributed by atoms with Crippen LogP contribution in [0.1, 0.15) is 23.0 Å². The summed E-state index contributed by atoms with van der Waals surface area (Å²) in [5.41, 5.74) is 0.774. The van der Waals surface area contributed by atoms with Gasteiger partial charge in [0, 0.05) is 11.5 Å². The van der Waals surface area contributed by atoms with Crippen LogP contribution in [-0.4, -0.2) is 25.0 Å². The van der Waals surface area contributed by atoms with Crippen LogP contribution in [0.4, 0.5) is 4.39 Å². The number of carbonyl (C=O) groups is 1. The minimum atomic E-state index is -4.13. The van der Waals surface area contributed by atoms with Gasteiger partial charge in [0.25, 0.3) is 10.0 Å². The van der Waals surface area contributed by atoms with Crippen molar-refractivity contribution in [2.75, 3.05) is 6.61 Å². The van der Waals surface area contributed by atoms with Crippen LogP contribution in [0.2, 0.25) is 0 Å². The van der Waals surface area contributed by atoms with Crippen LogP contribution in [-0.2, 0) is 14.8 Å². The van der Waals surface area contributed by atoms with Crippen LogP contribution in [0.15, 0.2) is 51.8 Å². The van der Waals surface area contributed by atoms with Gasteiger partial charge in [-0.2, -0.15) is 0 Å². The minimum absolute atomic E-state index is 0.00512. The SMILES string of the molecule is CCOC(=O)c1cc2cc(Br)c(F)cc2n1S(=O)(=O)c1ccc(C)cc1. The lowest BCUT2D eigenvalue weighted by Gasteiger charge is -2.12. The van der Waals surface area contributed by atoms with Gasteiger partial charge >= 0.3 is 5.97 Å². The van der Waals surface area contributed by atoms with Crippen LogP contribution in [0, 0.1) is 12.7 Å². The van der Waals surface area contributed by atoms with E-state index in [-0.39, 0.29) is 27.2 Å². The minimum Gasteiger partial charge on any atom is -0.461 e. The molecule has 0 aliphatic carbocycles. The molecule has 0 bridgehead atoms. The van der Waals surface area contributed by atoms with E-state index in [4.69, 9.17) is 4.74 Å². The Balaban J connectivity index is 2.34. The molecule has 1 heterocycles. The molecule has 0 radical (unpaired) electrons. The van der Waals surface area contributed by atoms with Crippen molar-refractivity contribution in [2.24, 2.45) is 0 Å². The van der Waals surface area contributed by atoms with E-state index in [2.05, 4.69) is 15.9 Å². The molecule has 8 heteroatoms. The van der Waals surface area contributed by atoms with E-state index in [0.717, 1.165) is 15.6 Å². The van der Waals surface area contributed by atoms with E-state index in [1.54, 1.807) is 19.1 Å². The Bertz CT molecular complexity index is 1100. The van der Waals surface area contributed by atoms with Gasteiger partial charge in [-0.15, -0.1) is 0 Å². The Morgan fingerprint density at radius 2 is 1.85 bits per heavy atom. The molecule has 3 rings (SSSR count). The van der Waals surface area contributed by atoms with Gasteiger partial charge in [0.1, 0.15) is 11.5 Å². The van der Waals surface area contributed by atoms with Crippen molar-refractivity contribution < 1.29 is 22.3 Å². The van der Waals surface area contributed by atoms with Gasteiger partial charge in [-0.05, 0) is 54.0 Å². The number of nitrogens with zero attached hydrogens (tertiary/aromatic N) is 1. The van der Waals surface area contributed by atoms with E-state index < -0.39 is 21.8 Å². The zero-order valence-corrected chi connectivity index (χ0v) is 16.4. The van der Waals surface area contributed by atoms with Crippen molar-refractivity contribution in [1.29, 1.82) is 0 Å². The molecule has 0 N–H and O–H groups in total. The first-order valence-corrected chi connectivity index (χ1v) is 9.99. The standard InChI is InChI=1S/C18H15BrFNO4S/c1-3-25-18(22)17-9-12-8-14(19)15(20)10-16(12)21(17)26(23,24)13-6-4-11(2)5-7-13/h4-10H,3H2,1-2H3. The number of benzene rings is 2. The van der Waals surface area contributed by atoms with Crippen LogP contribution in [0.5, 0.6) is 0 Å². The molecule has 0 saturated carbocycles. The first kappa shape index (κ1) is 18.6. The van der Waals surface area contributed by atoms with Crippen LogP contribution in [0.25, 0.3) is 10.9 Å². The average Bonchev–Trinajstić information content (AvgIpc) is 2.95. The van der Waals surface area contributed by atoms with E-state index in [1.807, 2.05) is 6.92 Å². The number of halogens is 2. The molecule has 0 amide bonds. The fourth-order valence-electron chi connectivity index (χ4n) is 2.60. The maximum absolute atomic E-state index is 14.1. The Kier molecular flexibility index (Phi) is 4.90. The zero-order chi connectivity index (χ0) is 19.1. The highest BCUT2D eigenvalue weighted by atomic mass is 79.9. The fourth-order valence-corrected chi connectivity index (χ4v) is 4.46. The summed E-state index contributed by atoms with van der Waals surface area (Å²) in [5, 5.41) is 0.400. The van der Waals surface area contributed by atoms with Gasteiger partial charge in [-0.3, -0.25) is 0 Å². The van der Waals surface area contributed by atoms with Gasteiger partial charge in [0.15, 0.2) is 0 Å². The van der Waals surface area contributed by atoms with Crippen LogP contribution >= 0.6 is 15.9 Å². The molecule has 0 fully saturated rings. The van der Waals surface area contributed by atoms with Crippen molar-refractivity contribution in [1.82, 2.24) is 3.97 Å². The van der Waals surface area contributed by atoms with Gasteiger partial charge in [0.2, 0.25) is 0 Å². The molecule has 0 atom stereocenters. The molecule has 5 nitrogen and oxygen atoms in total. The molecule has 0 aliphatic heterocycles. The number of aryl methyl sites for hydroxylation is 1. The van der Waals surface area contributed by atoms with Crippen LogP contribution < -0.4 is 0 Å². The number of hydrogen-bond acceptors (Lipinski definition) is 4. The van der Waals surface area contributed by atoms with Crippen molar-refractivity contribution in [2.45, 2.75) is 18.7 Å². The lowest BCUT2D eigenvalue weighted by atomic mass is 10.2. The number of aromatic nitrogens is 1. The van der Waals surface area contributed by atoms with Crippen molar-refractivity contribution >= 4 is 42.8 Å². The third kappa shape index (κ3) is 3.14. The molecule has 3 aromatic rings. The second-order valence-corrected chi connectivity index (χ2v) is 8.30. The Morgan fingerprint density at radius 1 is 1.19 bits per heavy atom. The summed E-state index contributed by atoms with van der Waals surface area (Å²) in [4.78, 5) is 12.3. The molecule has 1 aromatic heterocycles. The Labute approximate surface area is 158 Å². The summed E-state index contributed by atoms with van der Waals surface area (Å²) < 4.78 is 46.4. The summed E-state index contributed by atoms with van der Waals surface area (Å²) in [7, 11) is -4.13. The van der Waals surface area contributed by atoms with Crippen LogP contribution in [0.3, 0.4) is 0 Å². The topological polar surface area (TPSA) is 65.4 Å². The van der Waals surface area contributed by atoms with Gasteiger partial charge < -0.3 is 4.74 Å². The molecule has 0 spiro atoms. The summed E-state index contributed by atoms with van der Waals surface area (Å²) in [6.07, 6.45) is 0. The third-order valence-corrected chi connectivity index (χ3v) is 6.19. The number of ether oxygens (including phenoxy) is 1. The maximum atomic E-state index is 14.1. The van der Waals surface area contributed by atoms with Gasteiger partial charge in [-0.25, -0.2) is 21.6 Å². The molecule has 0 saturated heterocycles. The fraction of sp³-hybridized carbons (Fsp3) is 0.167. The zero-order valence-electron chi connectivity index (χ0n) is 14.0. The molecule has 26 heavy (non-hydrogen) atoms. The molecule has 0 unspecified atom stereocenters. The van der Waals surface area contributed by atoms with E-state index in [0.29, 0.717) is 5.39 Å². The normalized spacial score (nSPS) is 11.7. The quantitative estimate of drug-likeness (QED) is 0.569. The van der Waals surface area contributed by atoms with Gasteiger partial charge in [0.05, 0.1) is 21.5 Å². The largest absolute Gasteiger partial charge is 0.461 e. The second kappa shape index (κ2) is 6.85. The predicted octanol–water partition coefficient (Wildman–Crippen LogP) is 4.27. The predicted molar refractivity (Wildman–Crippen MR) is 99.3 cm³/mol. The monoisotopic (exact) mass is 439 g/mol. The molecule has 136 valence electrons. The highest BCUT2D eigenvalue weighted by Crippen LogP contribution is 2.30. The Morgan fingerprint density at radius 3 is 2.46 bits per heavy atom. The first-order valence-electron chi connectivity index (χ1n) is 7.75. The van der Waals surface area contributed by atoms with Crippen molar-refractivity contribution in [3.05, 3.63) is 64.0 Å². The smallest absolute Gasteiger partial charge is 0.356 e. The van der Waals surface area contributed by atoms with E-state index >= 15 is 0 Å². The summed E-state index contributed by atoms with van der Waals surface area (Å²) in [6, 6.07) is 10.1. The summed E-state index contributed by atoms with van der Waals surface area (Å²) in [6.45, 7) is 3.54. The van der Waals surface area contributed by atoms with E-state index in [1.165, 1.54) is 24.3 Å². The molecular formula is C18H15BrFNO4S. The summed E-state index contributed by atoms with van der Waals surface area (Å²) >= 11 is 3.07. The molecular weight excluding hydrogens is 425 g/mol. The number of carbonyl (C=O) groups excluding carboxylic acids is 1. The molecule has 0 aliphatic rings. The maximum Gasteiger partial charge on any atom is 0.356 e. The average molecular weight is 440 g/mol. The lowest BCUT2D eigenvalue weighted by molar-refractivity contribution is 0.0518. The third-order valence-electron chi connectivity index (χ3n) is 3.84. The summed E-state index contributed by atoms with van der Waals surface area (Å²) in [5.74, 6) is -1.43. The van der Waals surface area contributed by atoms with Crippen molar-refractivity contribution in [3.8, 4) is 0 Å². The lowest BCUT2D eigenvalue weighted by Crippen LogP contribution is -2.20.